The van der Waals surface area contributed by atoms with Gasteiger partial charge in [0, 0.05) is 6.04 Å². The maximum absolute atomic E-state index is 11.7. The molecule has 0 saturated heterocycles. The molecule has 20 heavy (non-hydrogen) atoms. The molecule has 3 N–H and O–H groups in total. The van der Waals surface area contributed by atoms with Crippen LogP contribution in [0.4, 0.5) is 0 Å². The molecule has 0 heterocycles. The Balaban J connectivity index is 2.61. The fourth-order valence-electron chi connectivity index (χ4n) is 1.72. The van der Waals surface area contributed by atoms with Crippen LogP contribution in [-0.4, -0.2) is 32.2 Å². The van der Waals surface area contributed by atoms with Crippen molar-refractivity contribution in [3.63, 3.8) is 0 Å². The molecule has 1 atom stereocenters. The number of nitrogens with two attached hydrogens (primary N) is 1. The second-order valence-corrected chi connectivity index (χ2v) is 4.69. The lowest BCUT2D eigenvalue weighted by atomic mass is 10.1. The number of benzene rings is 1. The van der Waals surface area contributed by atoms with Crippen molar-refractivity contribution >= 4 is 5.91 Å². The molecule has 1 aromatic rings. The first-order valence-electron chi connectivity index (χ1n) is 6.89. The van der Waals surface area contributed by atoms with Crippen molar-refractivity contribution in [2.24, 2.45) is 5.73 Å². The monoisotopic (exact) mass is 280 g/mol. The highest BCUT2D eigenvalue weighted by atomic mass is 16.5. The minimum Gasteiger partial charge on any atom is -0.493 e. The van der Waals surface area contributed by atoms with Gasteiger partial charge in [-0.1, -0.05) is 13.0 Å². The number of hydrogen-bond acceptors (Lipinski definition) is 4. The minimum atomic E-state index is -0.132. The Morgan fingerprint density at radius 1 is 1.40 bits per heavy atom. The molecule has 0 fully saturated rings. The Morgan fingerprint density at radius 2 is 2.15 bits per heavy atom. The molecule has 5 nitrogen and oxygen atoms in total. The van der Waals surface area contributed by atoms with Crippen LogP contribution in [0.3, 0.4) is 0 Å². The van der Waals surface area contributed by atoms with Gasteiger partial charge < -0.3 is 20.5 Å². The van der Waals surface area contributed by atoms with Crippen LogP contribution in [0.5, 0.6) is 11.5 Å². The number of nitrogens with one attached hydrogen (secondary N) is 1. The zero-order chi connectivity index (χ0) is 15.0. The first-order chi connectivity index (χ1) is 9.60. The van der Waals surface area contributed by atoms with E-state index in [0.717, 1.165) is 18.4 Å². The predicted octanol–water partition coefficient (Wildman–Crippen LogP) is 1.49. The van der Waals surface area contributed by atoms with Crippen molar-refractivity contribution in [3.8, 4) is 11.5 Å². The molecule has 0 spiro atoms. The molecule has 1 amide bonds. The Labute approximate surface area is 120 Å². The molecular formula is C15H24N2O3. The lowest BCUT2D eigenvalue weighted by molar-refractivity contribution is -0.123. The molecule has 0 aliphatic heterocycles. The van der Waals surface area contributed by atoms with Crippen molar-refractivity contribution in [3.05, 3.63) is 23.8 Å². The van der Waals surface area contributed by atoms with Gasteiger partial charge in [-0.05, 0) is 44.0 Å². The summed E-state index contributed by atoms with van der Waals surface area (Å²) in [5.41, 5.74) is 6.61. The van der Waals surface area contributed by atoms with Gasteiger partial charge in [-0.15, -0.1) is 0 Å². The number of methoxy groups -OCH3 is 1. The van der Waals surface area contributed by atoms with E-state index in [9.17, 15) is 4.79 Å². The van der Waals surface area contributed by atoms with Gasteiger partial charge in [-0.25, -0.2) is 0 Å². The highest BCUT2D eigenvalue weighted by Gasteiger charge is 2.10. The van der Waals surface area contributed by atoms with Crippen LogP contribution < -0.4 is 20.5 Å². The summed E-state index contributed by atoms with van der Waals surface area (Å²) in [5, 5.41) is 2.85. The quantitative estimate of drug-likeness (QED) is 0.756. The van der Waals surface area contributed by atoms with Crippen LogP contribution in [0.1, 0.15) is 25.8 Å². The molecule has 1 aromatic carbocycles. The molecule has 0 bridgehead atoms. The van der Waals surface area contributed by atoms with E-state index >= 15 is 0 Å². The van der Waals surface area contributed by atoms with E-state index in [4.69, 9.17) is 15.2 Å². The van der Waals surface area contributed by atoms with Gasteiger partial charge in [0.2, 0.25) is 0 Å². The van der Waals surface area contributed by atoms with Gasteiger partial charge in [-0.2, -0.15) is 0 Å². The summed E-state index contributed by atoms with van der Waals surface area (Å²) in [7, 11) is 1.58. The third-order valence-corrected chi connectivity index (χ3v) is 3.04. The average Bonchev–Trinajstić information content (AvgIpc) is 2.45. The highest BCUT2D eigenvalue weighted by molar-refractivity contribution is 5.77. The summed E-state index contributed by atoms with van der Waals surface area (Å²) in [5.74, 6) is 1.05. The Morgan fingerprint density at radius 3 is 2.75 bits per heavy atom. The van der Waals surface area contributed by atoms with Gasteiger partial charge in [-0.3, -0.25) is 4.79 Å². The second kappa shape index (κ2) is 8.43. The van der Waals surface area contributed by atoms with Crippen molar-refractivity contribution in [1.29, 1.82) is 0 Å². The zero-order valence-electron chi connectivity index (χ0n) is 12.4. The summed E-state index contributed by atoms with van der Waals surface area (Å²) >= 11 is 0. The van der Waals surface area contributed by atoms with Gasteiger partial charge in [0.05, 0.1) is 7.11 Å². The normalized spacial score (nSPS) is 11.8. The molecule has 1 rings (SSSR count). The van der Waals surface area contributed by atoms with Crippen LogP contribution in [-0.2, 0) is 11.2 Å². The Bertz CT molecular complexity index is 435. The molecule has 5 heteroatoms. The van der Waals surface area contributed by atoms with E-state index in [-0.39, 0.29) is 18.6 Å². The van der Waals surface area contributed by atoms with Gasteiger partial charge in [0.15, 0.2) is 18.1 Å². The van der Waals surface area contributed by atoms with Crippen molar-refractivity contribution in [1.82, 2.24) is 5.32 Å². The van der Waals surface area contributed by atoms with E-state index in [2.05, 4.69) is 5.32 Å². The Kier molecular flexibility index (Phi) is 6.87. The molecule has 0 radical (unpaired) electrons. The fourth-order valence-corrected chi connectivity index (χ4v) is 1.72. The molecule has 0 aliphatic carbocycles. The number of carbonyl (C=O) groups is 1. The number of ether oxygens (including phenoxy) is 2. The van der Waals surface area contributed by atoms with Crippen molar-refractivity contribution in [2.45, 2.75) is 32.7 Å². The third-order valence-electron chi connectivity index (χ3n) is 3.04. The third kappa shape index (κ3) is 5.09. The molecule has 0 aliphatic rings. The average molecular weight is 280 g/mol. The maximum Gasteiger partial charge on any atom is 0.258 e. The summed E-state index contributed by atoms with van der Waals surface area (Å²) < 4.78 is 10.8. The maximum atomic E-state index is 11.7. The first kappa shape index (κ1) is 16.3. The van der Waals surface area contributed by atoms with E-state index in [1.54, 1.807) is 13.2 Å². The number of amides is 1. The van der Waals surface area contributed by atoms with Crippen LogP contribution in [0, 0.1) is 0 Å². The summed E-state index contributed by atoms with van der Waals surface area (Å²) in [6, 6.07) is 5.77. The lowest BCUT2D eigenvalue weighted by Crippen LogP contribution is -2.35. The fraction of sp³-hybridized carbons (Fsp3) is 0.533. The molecule has 0 aromatic heterocycles. The van der Waals surface area contributed by atoms with Crippen molar-refractivity contribution in [2.75, 3.05) is 20.3 Å². The van der Waals surface area contributed by atoms with Gasteiger partial charge in [0.1, 0.15) is 0 Å². The van der Waals surface area contributed by atoms with Crippen LogP contribution in [0.2, 0.25) is 0 Å². The van der Waals surface area contributed by atoms with Crippen LogP contribution in [0.25, 0.3) is 0 Å². The largest absolute Gasteiger partial charge is 0.493 e. The standard InChI is InChI=1S/C15H24N2O3/c1-4-11(2)17-15(18)10-20-13-6-5-12(7-8-16)9-14(13)19-3/h5-6,9,11H,4,7-8,10,16H2,1-3H3,(H,17,18). The Hall–Kier alpha value is -1.75. The summed E-state index contributed by atoms with van der Waals surface area (Å²) in [6.07, 6.45) is 1.67. The van der Waals surface area contributed by atoms with E-state index < -0.39 is 0 Å². The van der Waals surface area contributed by atoms with Gasteiger partial charge >= 0.3 is 0 Å². The second-order valence-electron chi connectivity index (χ2n) is 4.69. The first-order valence-corrected chi connectivity index (χ1v) is 6.89. The van der Waals surface area contributed by atoms with Crippen molar-refractivity contribution < 1.29 is 14.3 Å². The summed E-state index contributed by atoms with van der Waals surface area (Å²) in [6.45, 7) is 4.54. The lowest BCUT2D eigenvalue weighted by Gasteiger charge is -2.14. The summed E-state index contributed by atoms with van der Waals surface area (Å²) in [4.78, 5) is 11.7. The molecule has 112 valence electrons. The predicted molar refractivity (Wildman–Crippen MR) is 79.1 cm³/mol. The van der Waals surface area contributed by atoms with E-state index in [1.807, 2.05) is 26.0 Å². The minimum absolute atomic E-state index is 0.0169. The van der Waals surface area contributed by atoms with E-state index in [0.29, 0.717) is 18.0 Å². The number of hydrogen-bond donors (Lipinski definition) is 2. The smallest absolute Gasteiger partial charge is 0.258 e. The molecule has 0 saturated carbocycles. The van der Waals surface area contributed by atoms with Crippen LogP contribution in [0.15, 0.2) is 18.2 Å². The van der Waals surface area contributed by atoms with E-state index in [1.165, 1.54) is 0 Å². The zero-order valence-corrected chi connectivity index (χ0v) is 12.4. The molecule has 1 unspecified atom stereocenters. The SMILES string of the molecule is CCC(C)NC(=O)COc1ccc(CCN)cc1OC. The number of carbonyl (C=O) groups excluding carboxylic acids is 1. The van der Waals surface area contributed by atoms with Gasteiger partial charge in [0.25, 0.3) is 5.91 Å². The topological polar surface area (TPSA) is 73.6 Å². The molecular weight excluding hydrogens is 256 g/mol. The van der Waals surface area contributed by atoms with Crippen LogP contribution >= 0.6 is 0 Å². The highest BCUT2D eigenvalue weighted by Crippen LogP contribution is 2.28. The number of rotatable bonds is 8.